The molecule has 29 heavy (non-hydrogen) atoms. The summed E-state index contributed by atoms with van der Waals surface area (Å²) >= 11 is 7.80. The Kier molecular flexibility index (Phi) is 5.66. The second-order valence-corrected chi connectivity index (χ2v) is 7.84. The lowest BCUT2D eigenvalue weighted by Gasteiger charge is -2.14. The predicted molar refractivity (Wildman–Crippen MR) is 117 cm³/mol. The largest absolute Gasteiger partial charge is 0.283 e. The van der Waals surface area contributed by atoms with Gasteiger partial charge in [-0.1, -0.05) is 65.8 Å². The van der Waals surface area contributed by atoms with Crippen LogP contribution in [0.3, 0.4) is 0 Å². The number of nitrogens with zero attached hydrogens (tertiary/aromatic N) is 3. The summed E-state index contributed by atoms with van der Waals surface area (Å²) < 4.78 is 1.67. The van der Waals surface area contributed by atoms with E-state index in [-0.39, 0.29) is 5.56 Å². The first-order valence-corrected chi connectivity index (χ1v) is 10.4. The van der Waals surface area contributed by atoms with Crippen LogP contribution in [0, 0.1) is 11.3 Å². The van der Waals surface area contributed by atoms with Crippen LogP contribution < -0.4 is 5.56 Å². The van der Waals surface area contributed by atoms with Crippen molar-refractivity contribution in [2.45, 2.75) is 17.5 Å². The molecule has 0 aliphatic carbocycles. The van der Waals surface area contributed by atoms with Gasteiger partial charge in [0.15, 0.2) is 5.16 Å². The Hall–Kier alpha value is -3.07. The predicted octanol–water partition coefficient (Wildman–Crippen LogP) is 5.26. The number of rotatable bonds is 5. The number of thioether (sulfide) groups is 1. The molecule has 0 fully saturated rings. The van der Waals surface area contributed by atoms with Crippen LogP contribution >= 0.6 is 23.4 Å². The van der Waals surface area contributed by atoms with E-state index in [9.17, 15) is 4.79 Å². The maximum atomic E-state index is 13.2. The van der Waals surface area contributed by atoms with Crippen molar-refractivity contribution in [1.29, 1.82) is 5.26 Å². The van der Waals surface area contributed by atoms with Crippen LogP contribution in [-0.4, -0.2) is 9.55 Å². The van der Waals surface area contributed by atoms with Crippen molar-refractivity contribution in [3.63, 3.8) is 0 Å². The molecule has 0 spiro atoms. The minimum atomic E-state index is -0.0937. The van der Waals surface area contributed by atoms with Crippen LogP contribution in [0.4, 0.5) is 0 Å². The number of fused-ring (bicyclic) bond motifs is 1. The Bertz CT molecular complexity index is 1290. The van der Waals surface area contributed by atoms with E-state index in [0.717, 1.165) is 11.1 Å². The minimum Gasteiger partial charge on any atom is -0.283 e. The monoisotopic (exact) mass is 417 g/mol. The first kappa shape index (κ1) is 19.3. The topological polar surface area (TPSA) is 58.7 Å². The second-order valence-electron chi connectivity index (χ2n) is 6.50. The summed E-state index contributed by atoms with van der Waals surface area (Å²) in [5, 5.41) is 10.9. The third kappa shape index (κ3) is 4.19. The first-order valence-electron chi connectivity index (χ1n) is 9.00. The minimum absolute atomic E-state index is 0.0937. The maximum Gasteiger partial charge on any atom is 0.262 e. The molecule has 0 N–H and O–H groups in total. The highest BCUT2D eigenvalue weighted by atomic mass is 35.5. The SMILES string of the molecule is N#Cc1cccc(CSc2nc3ccccc3c(=O)n2Cc2ccccc2Cl)c1. The quantitative estimate of drug-likeness (QED) is 0.328. The van der Waals surface area contributed by atoms with E-state index in [2.05, 4.69) is 6.07 Å². The molecule has 4 rings (SSSR count). The molecule has 4 aromatic rings. The lowest BCUT2D eigenvalue weighted by molar-refractivity contribution is 0.658. The van der Waals surface area contributed by atoms with E-state index in [0.29, 0.717) is 38.9 Å². The number of hydrogen-bond donors (Lipinski definition) is 0. The van der Waals surface area contributed by atoms with Gasteiger partial charge in [-0.2, -0.15) is 5.26 Å². The van der Waals surface area contributed by atoms with Crippen LogP contribution in [-0.2, 0) is 12.3 Å². The molecule has 1 heterocycles. The lowest BCUT2D eigenvalue weighted by Crippen LogP contribution is -2.24. The summed E-state index contributed by atoms with van der Waals surface area (Å²) in [7, 11) is 0. The van der Waals surface area contributed by atoms with Crippen LogP contribution in [0.15, 0.2) is 82.7 Å². The molecule has 0 aliphatic rings. The number of nitriles is 1. The van der Waals surface area contributed by atoms with Gasteiger partial charge in [-0.05, 0) is 41.5 Å². The lowest BCUT2D eigenvalue weighted by atomic mass is 10.2. The number of benzene rings is 3. The van der Waals surface area contributed by atoms with Crippen molar-refractivity contribution in [1.82, 2.24) is 9.55 Å². The molecule has 0 unspecified atom stereocenters. The van der Waals surface area contributed by atoms with Crippen molar-refractivity contribution in [2.75, 3.05) is 0 Å². The average molecular weight is 418 g/mol. The van der Waals surface area contributed by atoms with Crippen molar-refractivity contribution < 1.29 is 0 Å². The smallest absolute Gasteiger partial charge is 0.262 e. The van der Waals surface area contributed by atoms with Gasteiger partial charge in [0, 0.05) is 10.8 Å². The van der Waals surface area contributed by atoms with Crippen LogP contribution in [0.2, 0.25) is 5.02 Å². The zero-order chi connectivity index (χ0) is 20.2. The van der Waals surface area contributed by atoms with Crippen LogP contribution in [0.1, 0.15) is 16.7 Å². The van der Waals surface area contributed by atoms with Gasteiger partial charge in [0.2, 0.25) is 0 Å². The number of aromatic nitrogens is 2. The highest BCUT2D eigenvalue weighted by Gasteiger charge is 2.13. The van der Waals surface area contributed by atoms with Gasteiger partial charge in [-0.15, -0.1) is 0 Å². The Morgan fingerprint density at radius 1 is 1.03 bits per heavy atom. The fourth-order valence-corrected chi connectivity index (χ4v) is 4.21. The Balaban J connectivity index is 1.75. The zero-order valence-electron chi connectivity index (χ0n) is 15.4. The van der Waals surface area contributed by atoms with E-state index in [1.54, 1.807) is 16.7 Å². The number of hydrogen-bond acceptors (Lipinski definition) is 4. The summed E-state index contributed by atoms with van der Waals surface area (Å²) in [6.45, 7) is 0.344. The molecule has 0 aliphatic heterocycles. The number of para-hydroxylation sites is 1. The Labute approximate surface area is 177 Å². The van der Waals surface area contributed by atoms with Gasteiger partial charge in [0.25, 0.3) is 5.56 Å². The van der Waals surface area contributed by atoms with Gasteiger partial charge in [0.05, 0.1) is 29.1 Å². The third-order valence-electron chi connectivity index (χ3n) is 4.54. The van der Waals surface area contributed by atoms with Crippen LogP contribution in [0.5, 0.6) is 0 Å². The molecule has 0 amide bonds. The number of halogens is 1. The Morgan fingerprint density at radius 2 is 1.83 bits per heavy atom. The fraction of sp³-hybridized carbons (Fsp3) is 0.0870. The highest BCUT2D eigenvalue weighted by molar-refractivity contribution is 7.98. The third-order valence-corrected chi connectivity index (χ3v) is 5.95. The second kappa shape index (κ2) is 8.52. The molecule has 0 saturated carbocycles. The molecule has 0 atom stereocenters. The van der Waals surface area contributed by atoms with E-state index in [4.69, 9.17) is 21.8 Å². The normalized spacial score (nSPS) is 10.8. The molecule has 3 aromatic carbocycles. The summed E-state index contributed by atoms with van der Waals surface area (Å²) in [6.07, 6.45) is 0. The van der Waals surface area contributed by atoms with E-state index < -0.39 is 0 Å². The van der Waals surface area contributed by atoms with Crippen molar-refractivity contribution >= 4 is 34.3 Å². The molecular weight excluding hydrogens is 402 g/mol. The zero-order valence-corrected chi connectivity index (χ0v) is 17.0. The average Bonchev–Trinajstić information content (AvgIpc) is 2.76. The van der Waals surface area contributed by atoms with Gasteiger partial charge in [-0.3, -0.25) is 9.36 Å². The molecule has 6 heteroatoms. The van der Waals surface area contributed by atoms with Gasteiger partial charge >= 0.3 is 0 Å². The molecule has 1 aromatic heterocycles. The fourth-order valence-electron chi connectivity index (χ4n) is 3.07. The van der Waals surface area contributed by atoms with Crippen molar-refractivity contribution in [3.8, 4) is 6.07 Å². The summed E-state index contributed by atoms with van der Waals surface area (Å²) in [5.74, 6) is 0.600. The van der Waals surface area contributed by atoms with E-state index >= 15 is 0 Å². The standard InChI is InChI=1S/C23H16ClN3OS/c24-20-10-3-1-8-18(20)14-27-22(28)19-9-2-4-11-21(19)26-23(27)29-15-17-7-5-6-16(12-17)13-25/h1-12H,14-15H2. The maximum absolute atomic E-state index is 13.2. The van der Waals surface area contributed by atoms with Crippen molar-refractivity contribution in [2.24, 2.45) is 0 Å². The van der Waals surface area contributed by atoms with E-state index in [1.807, 2.05) is 60.7 Å². The van der Waals surface area contributed by atoms with Gasteiger partial charge < -0.3 is 0 Å². The molecule has 0 radical (unpaired) electrons. The Morgan fingerprint density at radius 3 is 2.66 bits per heavy atom. The molecule has 4 nitrogen and oxygen atoms in total. The summed E-state index contributed by atoms with van der Waals surface area (Å²) in [6, 6.07) is 24.4. The summed E-state index contributed by atoms with van der Waals surface area (Å²) in [5.41, 5.74) is 3.05. The molecule has 0 bridgehead atoms. The highest BCUT2D eigenvalue weighted by Crippen LogP contribution is 2.24. The van der Waals surface area contributed by atoms with Crippen molar-refractivity contribution in [3.05, 3.63) is 105 Å². The first-order chi connectivity index (χ1) is 14.2. The van der Waals surface area contributed by atoms with E-state index in [1.165, 1.54) is 11.8 Å². The molecule has 142 valence electrons. The molecule has 0 saturated heterocycles. The van der Waals surface area contributed by atoms with Crippen LogP contribution in [0.25, 0.3) is 10.9 Å². The molecular formula is C23H16ClN3OS. The van der Waals surface area contributed by atoms with Gasteiger partial charge in [0.1, 0.15) is 0 Å². The summed E-state index contributed by atoms with van der Waals surface area (Å²) in [4.78, 5) is 17.9. The van der Waals surface area contributed by atoms with Gasteiger partial charge in [-0.25, -0.2) is 4.98 Å².